The average molecular weight is 393 g/mol. The second-order valence-corrected chi connectivity index (χ2v) is 9.50. The van der Waals surface area contributed by atoms with Gasteiger partial charge in [-0.25, -0.2) is 4.79 Å². The van der Waals surface area contributed by atoms with Gasteiger partial charge in [0.2, 0.25) is 0 Å². The first kappa shape index (κ1) is 20.1. The number of hydrogen-bond donors (Lipinski definition) is 0. The van der Waals surface area contributed by atoms with Gasteiger partial charge in [-0.05, 0) is 65.4 Å². The zero-order valence-electron chi connectivity index (χ0n) is 16.6. The second-order valence-electron chi connectivity index (χ2n) is 8.36. The number of thiophene rings is 1. The van der Waals surface area contributed by atoms with Crippen molar-refractivity contribution < 1.29 is 23.9 Å². The fraction of sp³-hybridized carbons (Fsp3) is 0.667. The molecular weight excluding hydrogens is 364 g/mol. The lowest BCUT2D eigenvalue weighted by Gasteiger charge is -2.23. The van der Waals surface area contributed by atoms with Gasteiger partial charge in [0, 0.05) is 22.1 Å². The Balaban J connectivity index is 1.99. The van der Waals surface area contributed by atoms with Gasteiger partial charge in [-0.3, -0.25) is 9.59 Å². The summed E-state index contributed by atoms with van der Waals surface area (Å²) in [4.78, 5) is 39.4. The highest BCUT2D eigenvalue weighted by atomic mass is 32.1. The van der Waals surface area contributed by atoms with Crippen molar-refractivity contribution in [2.24, 2.45) is 5.92 Å². The van der Waals surface area contributed by atoms with E-state index in [1.54, 1.807) is 6.92 Å². The van der Waals surface area contributed by atoms with E-state index in [0.29, 0.717) is 12.2 Å². The third-order valence-corrected chi connectivity index (χ3v) is 6.23. The standard InChI is InChI=1S/C21H28O5S/c1-5-25-19(23)14-8-6-7-13-17(20(24)26-21(2,3)4)16(27-18(13)14)11-15(22)12-9-10-12/h12,14H,5-11H2,1-4H3. The van der Waals surface area contributed by atoms with E-state index in [1.807, 2.05) is 20.8 Å². The van der Waals surface area contributed by atoms with Crippen molar-refractivity contribution in [3.63, 3.8) is 0 Å². The topological polar surface area (TPSA) is 69.7 Å². The van der Waals surface area contributed by atoms with E-state index in [9.17, 15) is 14.4 Å². The molecule has 0 N–H and O–H groups in total. The molecule has 1 saturated carbocycles. The van der Waals surface area contributed by atoms with Crippen LogP contribution in [0.1, 0.15) is 85.0 Å². The lowest BCUT2D eigenvalue weighted by atomic mass is 9.86. The van der Waals surface area contributed by atoms with Crippen LogP contribution in [0.3, 0.4) is 0 Å². The number of hydrogen-bond acceptors (Lipinski definition) is 6. The molecule has 0 radical (unpaired) electrons. The number of fused-ring (bicyclic) bond motifs is 1. The molecule has 3 rings (SSSR count). The molecule has 1 unspecified atom stereocenters. The fourth-order valence-electron chi connectivity index (χ4n) is 3.55. The lowest BCUT2D eigenvalue weighted by molar-refractivity contribution is -0.145. The molecular formula is C21H28O5S. The molecule has 0 amide bonds. The molecule has 2 aliphatic rings. The fourth-order valence-corrected chi connectivity index (χ4v) is 5.02. The molecule has 0 saturated heterocycles. The molecule has 0 aliphatic heterocycles. The normalized spacial score (nSPS) is 19.3. The summed E-state index contributed by atoms with van der Waals surface area (Å²) < 4.78 is 10.9. The van der Waals surface area contributed by atoms with Gasteiger partial charge < -0.3 is 9.47 Å². The van der Waals surface area contributed by atoms with Crippen LogP contribution in [0.2, 0.25) is 0 Å². The van der Waals surface area contributed by atoms with Gasteiger partial charge in [0.1, 0.15) is 11.4 Å². The van der Waals surface area contributed by atoms with Crippen LogP contribution in [0.5, 0.6) is 0 Å². The predicted molar refractivity (Wildman–Crippen MR) is 103 cm³/mol. The van der Waals surface area contributed by atoms with E-state index in [1.165, 1.54) is 11.3 Å². The maximum atomic E-state index is 12.9. The summed E-state index contributed by atoms with van der Waals surface area (Å²) in [6, 6.07) is 0. The number of Topliss-reactive ketones (excluding diaryl/α,β-unsaturated/α-hetero) is 1. The third kappa shape index (κ3) is 4.60. The quantitative estimate of drug-likeness (QED) is 0.678. The minimum atomic E-state index is -0.612. The molecule has 1 aromatic rings. The number of ether oxygens (including phenoxy) is 2. The lowest BCUT2D eigenvalue weighted by Crippen LogP contribution is -2.26. The summed E-state index contributed by atoms with van der Waals surface area (Å²) in [5.41, 5.74) is 0.795. The molecule has 2 aliphatic carbocycles. The van der Waals surface area contributed by atoms with E-state index in [4.69, 9.17) is 9.47 Å². The molecule has 0 spiro atoms. The van der Waals surface area contributed by atoms with Crippen LogP contribution in [-0.4, -0.2) is 29.9 Å². The van der Waals surface area contributed by atoms with Crippen LogP contribution in [0.25, 0.3) is 0 Å². The summed E-state index contributed by atoms with van der Waals surface area (Å²) in [5.74, 6) is -0.647. The zero-order chi connectivity index (χ0) is 19.8. The Kier molecular flexibility index (Phi) is 5.75. The Bertz CT molecular complexity index is 751. The number of ketones is 1. The molecule has 27 heavy (non-hydrogen) atoms. The number of carbonyl (C=O) groups excluding carboxylic acids is 3. The number of rotatable bonds is 6. The first-order valence-electron chi connectivity index (χ1n) is 9.78. The predicted octanol–water partition coefficient (Wildman–Crippen LogP) is 4.21. The molecule has 148 valence electrons. The Morgan fingerprint density at radius 3 is 2.44 bits per heavy atom. The van der Waals surface area contributed by atoms with Crippen LogP contribution in [-0.2, 0) is 31.9 Å². The maximum absolute atomic E-state index is 12.9. The molecule has 5 nitrogen and oxygen atoms in total. The molecule has 6 heteroatoms. The van der Waals surface area contributed by atoms with Crippen molar-refractivity contribution in [3.8, 4) is 0 Å². The summed E-state index contributed by atoms with van der Waals surface area (Å²) in [6.07, 6.45) is 4.41. The Labute approximate surface area is 164 Å². The summed E-state index contributed by atoms with van der Waals surface area (Å²) in [7, 11) is 0. The number of esters is 2. The molecule has 1 fully saturated rings. The van der Waals surface area contributed by atoms with Gasteiger partial charge in [-0.2, -0.15) is 0 Å². The van der Waals surface area contributed by atoms with Gasteiger partial charge in [0.25, 0.3) is 0 Å². The molecule has 1 aromatic heterocycles. The molecule has 0 aromatic carbocycles. The van der Waals surface area contributed by atoms with Gasteiger partial charge in [-0.15, -0.1) is 11.3 Å². The van der Waals surface area contributed by atoms with E-state index in [2.05, 4.69) is 0 Å². The van der Waals surface area contributed by atoms with Crippen molar-refractivity contribution in [1.82, 2.24) is 0 Å². The molecule has 1 atom stereocenters. The monoisotopic (exact) mass is 392 g/mol. The van der Waals surface area contributed by atoms with Crippen molar-refractivity contribution in [2.75, 3.05) is 6.61 Å². The van der Waals surface area contributed by atoms with Crippen molar-refractivity contribution >= 4 is 29.1 Å². The Hall–Kier alpha value is -1.69. The number of carbonyl (C=O) groups is 3. The minimum absolute atomic E-state index is 0.136. The smallest absolute Gasteiger partial charge is 0.340 e. The first-order valence-corrected chi connectivity index (χ1v) is 10.6. The van der Waals surface area contributed by atoms with E-state index in [-0.39, 0.29) is 36.0 Å². The average Bonchev–Trinajstić information content (AvgIpc) is 3.34. The summed E-state index contributed by atoms with van der Waals surface area (Å²) in [6.45, 7) is 7.63. The first-order chi connectivity index (χ1) is 12.7. The maximum Gasteiger partial charge on any atom is 0.340 e. The largest absolute Gasteiger partial charge is 0.465 e. The highest BCUT2D eigenvalue weighted by Gasteiger charge is 2.37. The van der Waals surface area contributed by atoms with Crippen LogP contribution in [0.15, 0.2) is 0 Å². The molecule has 0 bridgehead atoms. The minimum Gasteiger partial charge on any atom is -0.465 e. The van der Waals surface area contributed by atoms with Crippen molar-refractivity contribution in [1.29, 1.82) is 0 Å². The van der Waals surface area contributed by atoms with Gasteiger partial charge in [0.05, 0.1) is 18.1 Å². The van der Waals surface area contributed by atoms with Crippen molar-refractivity contribution in [3.05, 3.63) is 20.9 Å². The summed E-state index contributed by atoms with van der Waals surface area (Å²) >= 11 is 1.43. The van der Waals surface area contributed by atoms with Crippen LogP contribution >= 0.6 is 11.3 Å². The van der Waals surface area contributed by atoms with Gasteiger partial charge in [-0.1, -0.05) is 0 Å². The highest BCUT2D eigenvalue weighted by molar-refractivity contribution is 7.13. The summed E-state index contributed by atoms with van der Waals surface area (Å²) in [5, 5.41) is 0. The van der Waals surface area contributed by atoms with E-state index < -0.39 is 5.60 Å². The third-order valence-electron chi connectivity index (χ3n) is 4.89. The second kappa shape index (κ2) is 7.74. The zero-order valence-corrected chi connectivity index (χ0v) is 17.4. The van der Waals surface area contributed by atoms with E-state index >= 15 is 0 Å². The Morgan fingerprint density at radius 1 is 1.15 bits per heavy atom. The van der Waals surface area contributed by atoms with Crippen LogP contribution in [0, 0.1) is 5.92 Å². The van der Waals surface area contributed by atoms with Crippen molar-refractivity contribution in [2.45, 2.75) is 77.7 Å². The Morgan fingerprint density at radius 2 is 1.85 bits per heavy atom. The van der Waals surface area contributed by atoms with Crippen LogP contribution in [0.4, 0.5) is 0 Å². The van der Waals surface area contributed by atoms with Gasteiger partial charge in [0.15, 0.2) is 0 Å². The highest BCUT2D eigenvalue weighted by Crippen LogP contribution is 2.43. The SMILES string of the molecule is CCOC(=O)C1CCCc2c1sc(CC(=O)C1CC1)c2C(=O)OC(C)(C)C. The molecule has 1 heterocycles. The van der Waals surface area contributed by atoms with E-state index in [0.717, 1.165) is 47.4 Å². The van der Waals surface area contributed by atoms with Crippen LogP contribution < -0.4 is 0 Å². The van der Waals surface area contributed by atoms with Gasteiger partial charge >= 0.3 is 11.9 Å².